The molecule has 3 aromatic carbocycles. The van der Waals surface area contributed by atoms with Gasteiger partial charge in [-0.05, 0) is 36.4 Å². The highest BCUT2D eigenvalue weighted by Crippen LogP contribution is 2.36. The van der Waals surface area contributed by atoms with E-state index in [1.807, 2.05) is 54.6 Å². The Kier molecular flexibility index (Phi) is 6.51. The number of ether oxygens (including phenoxy) is 3. The third-order valence-corrected chi connectivity index (χ3v) is 5.36. The third-order valence-electron chi connectivity index (χ3n) is 5.07. The molecule has 0 unspecified atom stereocenters. The second kappa shape index (κ2) is 9.67. The second-order valence-electron chi connectivity index (χ2n) is 7.04. The molecule has 1 amide bonds. The average Bonchev–Trinajstić information content (AvgIpc) is 3.31. The molecule has 0 aliphatic carbocycles. The van der Waals surface area contributed by atoms with Crippen molar-refractivity contribution in [2.75, 3.05) is 26.6 Å². The molecule has 0 atom stereocenters. The molecule has 4 aromatic rings. The molecule has 1 aromatic heterocycles. The van der Waals surface area contributed by atoms with Crippen LogP contribution in [0.25, 0.3) is 16.9 Å². The first-order valence-electron chi connectivity index (χ1n) is 10.1. The standard InChI is InChI=1S/C25H22ClN3O4/c1-31-18-11-9-16(10-12-18)24-19(15-29(28-24)17-7-5-4-6-8-17)25(30)27-21-14-22(32-2)20(26)13-23(21)33-3/h4-15H,1-3H3,(H,27,30). The monoisotopic (exact) mass is 463 g/mol. The van der Waals surface area contributed by atoms with Gasteiger partial charge >= 0.3 is 0 Å². The summed E-state index contributed by atoms with van der Waals surface area (Å²) in [6.07, 6.45) is 1.70. The van der Waals surface area contributed by atoms with E-state index in [1.165, 1.54) is 14.2 Å². The Morgan fingerprint density at radius 3 is 2.24 bits per heavy atom. The maximum absolute atomic E-state index is 13.4. The number of methoxy groups -OCH3 is 3. The van der Waals surface area contributed by atoms with Gasteiger partial charge < -0.3 is 19.5 Å². The highest BCUT2D eigenvalue weighted by Gasteiger charge is 2.21. The number of hydrogen-bond donors (Lipinski definition) is 1. The lowest BCUT2D eigenvalue weighted by molar-refractivity contribution is 0.102. The molecule has 0 aliphatic heterocycles. The molecule has 0 radical (unpaired) electrons. The minimum Gasteiger partial charge on any atom is -0.497 e. The summed E-state index contributed by atoms with van der Waals surface area (Å²) in [5.41, 5.74) is 2.95. The van der Waals surface area contributed by atoms with E-state index < -0.39 is 0 Å². The van der Waals surface area contributed by atoms with Crippen molar-refractivity contribution in [3.8, 4) is 34.2 Å². The van der Waals surface area contributed by atoms with E-state index >= 15 is 0 Å². The number of carbonyl (C=O) groups is 1. The summed E-state index contributed by atoms with van der Waals surface area (Å²) >= 11 is 6.19. The van der Waals surface area contributed by atoms with Crippen LogP contribution in [0.2, 0.25) is 5.02 Å². The molecule has 0 fully saturated rings. The number of halogens is 1. The zero-order chi connectivity index (χ0) is 23.4. The Balaban J connectivity index is 1.77. The molecule has 0 aliphatic rings. The molecule has 1 N–H and O–H groups in total. The van der Waals surface area contributed by atoms with E-state index in [4.69, 9.17) is 30.9 Å². The van der Waals surface area contributed by atoms with Crippen molar-refractivity contribution >= 4 is 23.2 Å². The number of nitrogens with zero attached hydrogens (tertiary/aromatic N) is 2. The Bertz CT molecular complexity index is 1270. The van der Waals surface area contributed by atoms with Crippen LogP contribution in [-0.4, -0.2) is 37.0 Å². The van der Waals surface area contributed by atoms with Crippen LogP contribution in [0.5, 0.6) is 17.2 Å². The number of nitrogens with one attached hydrogen (secondary N) is 1. The summed E-state index contributed by atoms with van der Waals surface area (Å²) in [4.78, 5) is 13.4. The van der Waals surface area contributed by atoms with Gasteiger partial charge in [0.2, 0.25) is 0 Å². The van der Waals surface area contributed by atoms with Crippen LogP contribution < -0.4 is 19.5 Å². The summed E-state index contributed by atoms with van der Waals surface area (Å²) in [7, 11) is 4.61. The predicted octanol–water partition coefficient (Wildman–Crippen LogP) is 5.47. The molecular weight excluding hydrogens is 442 g/mol. The Morgan fingerprint density at radius 2 is 1.61 bits per heavy atom. The fourth-order valence-electron chi connectivity index (χ4n) is 3.36. The van der Waals surface area contributed by atoms with Crippen molar-refractivity contribution in [1.29, 1.82) is 0 Å². The fraction of sp³-hybridized carbons (Fsp3) is 0.120. The summed E-state index contributed by atoms with van der Waals surface area (Å²) in [5.74, 6) is 1.19. The van der Waals surface area contributed by atoms with Crippen LogP contribution >= 0.6 is 11.6 Å². The number of para-hydroxylation sites is 1. The van der Waals surface area contributed by atoms with Crippen LogP contribution in [0, 0.1) is 0 Å². The lowest BCUT2D eigenvalue weighted by atomic mass is 10.1. The van der Waals surface area contributed by atoms with Crippen molar-refractivity contribution in [2.45, 2.75) is 0 Å². The molecule has 0 saturated heterocycles. The zero-order valence-electron chi connectivity index (χ0n) is 18.3. The van der Waals surface area contributed by atoms with Gasteiger partial charge in [-0.15, -0.1) is 0 Å². The SMILES string of the molecule is COc1ccc(-c2nn(-c3ccccc3)cc2C(=O)Nc2cc(OC)c(Cl)cc2OC)cc1. The number of amides is 1. The quantitative estimate of drug-likeness (QED) is 0.393. The van der Waals surface area contributed by atoms with E-state index in [-0.39, 0.29) is 5.91 Å². The number of benzene rings is 3. The van der Waals surface area contributed by atoms with E-state index in [9.17, 15) is 4.79 Å². The summed E-state index contributed by atoms with van der Waals surface area (Å²) in [6.45, 7) is 0. The first-order valence-corrected chi connectivity index (χ1v) is 10.4. The van der Waals surface area contributed by atoms with E-state index in [1.54, 1.807) is 30.1 Å². The maximum Gasteiger partial charge on any atom is 0.259 e. The van der Waals surface area contributed by atoms with Gasteiger partial charge in [0, 0.05) is 23.9 Å². The minimum absolute atomic E-state index is 0.356. The molecule has 4 rings (SSSR count). The Morgan fingerprint density at radius 1 is 0.909 bits per heavy atom. The van der Waals surface area contributed by atoms with Crippen molar-refractivity contribution in [3.63, 3.8) is 0 Å². The lowest BCUT2D eigenvalue weighted by Crippen LogP contribution is -2.13. The molecule has 0 saturated carbocycles. The van der Waals surface area contributed by atoms with Gasteiger partial charge in [-0.1, -0.05) is 29.8 Å². The fourth-order valence-corrected chi connectivity index (χ4v) is 3.59. The number of anilines is 1. The van der Waals surface area contributed by atoms with E-state index in [0.29, 0.717) is 39.2 Å². The molecule has 0 bridgehead atoms. The van der Waals surface area contributed by atoms with Crippen LogP contribution in [0.3, 0.4) is 0 Å². The normalized spacial score (nSPS) is 10.5. The largest absolute Gasteiger partial charge is 0.497 e. The minimum atomic E-state index is -0.356. The number of rotatable bonds is 7. The third kappa shape index (κ3) is 4.63. The molecule has 7 nitrogen and oxygen atoms in total. The van der Waals surface area contributed by atoms with Crippen molar-refractivity contribution in [2.24, 2.45) is 0 Å². The maximum atomic E-state index is 13.4. The molecular formula is C25H22ClN3O4. The molecule has 1 heterocycles. The van der Waals surface area contributed by atoms with Gasteiger partial charge in [-0.25, -0.2) is 4.68 Å². The highest BCUT2D eigenvalue weighted by atomic mass is 35.5. The van der Waals surface area contributed by atoms with E-state index in [2.05, 4.69) is 5.32 Å². The van der Waals surface area contributed by atoms with E-state index in [0.717, 1.165) is 11.3 Å². The van der Waals surface area contributed by atoms with Gasteiger partial charge in [-0.2, -0.15) is 5.10 Å². The van der Waals surface area contributed by atoms with Gasteiger partial charge in [0.15, 0.2) is 0 Å². The summed E-state index contributed by atoms with van der Waals surface area (Å²) in [5, 5.41) is 7.97. The van der Waals surface area contributed by atoms with Crippen molar-refractivity contribution in [3.05, 3.63) is 83.5 Å². The van der Waals surface area contributed by atoms with Crippen molar-refractivity contribution < 1.29 is 19.0 Å². The van der Waals surface area contributed by atoms with Gasteiger partial charge in [0.1, 0.15) is 22.9 Å². The zero-order valence-corrected chi connectivity index (χ0v) is 19.1. The lowest BCUT2D eigenvalue weighted by Gasteiger charge is -2.13. The molecule has 33 heavy (non-hydrogen) atoms. The van der Waals surface area contributed by atoms with Gasteiger partial charge in [0.05, 0.1) is 43.3 Å². The van der Waals surface area contributed by atoms with Gasteiger partial charge in [0.25, 0.3) is 5.91 Å². The molecule has 168 valence electrons. The first-order chi connectivity index (χ1) is 16.0. The van der Waals surface area contributed by atoms with Gasteiger partial charge in [-0.3, -0.25) is 4.79 Å². The number of hydrogen-bond acceptors (Lipinski definition) is 5. The van der Waals surface area contributed by atoms with Crippen molar-refractivity contribution in [1.82, 2.24) is 9.78 Å². The summed E-state index contributed by atoms with van der Waals surface area (Å²) in [6, 6.07) is 20.2. The number of carbonyl (C=O) groups excluding carboxylic acids is 1. The van der Waals surface area contributed by atoms with Crippen LogP contribution in [0.1, 0.15) is 10.4 Å². The van der Waals surface area contributed by atoms with Crippen LogP contribution in [0.4, 0.5) is 5.69 Å². The van der Waals surface area contributed by atoms with Crippen LogP contribution in [-0.2, 0) is 0 Å². The van der Waals surface area contributed by atoms with Crippen LogP contribution in [0.15, 0.2) is 72.9 Å². The predicted molar refractivity (Wildman–Crippen MR) is 128 cm³/mol. The Hall–Kier alpha value is -3.97. The highest BCUT2D eigenvalue weighted by molar-refractivity contribution is 6.32. The average molecular weight is 464 g/mol. The second-order valence-corrected chi connectivity index (χ2v) is 7.45. The molecule has 8 heteroatoms. The number of aromatic nitrogens is 2. The topological polar surface area (TPSA) is 74.6 Å². The first kappa shape index (κ1) is 22.2. The smallest absolute Gasteiger partial charge is 0.259 e. The Labute approximate surface area is 196 Å². The summed E-state index contributed by atoms with van der Waals surface area (Å²) < 4.78 is 17.6. The molecule has 0 spiro atoms.